The van der Waals surface area contributed by atoms with Gasteiger partial charge in [0.05, 0.1) is 0 Å². The molecular formula is C7H13N. The molecule has 0 aromatic heterocycles. The van der Waals surface area contributed by atoms with E-state index in [1.54, 1.807) is 0 Å². The van der Waals surface area contributed by atoms with Crippen LogP contribution in [0.1, 0.15) is 19.8 Å². The molecule has 0 spiro atoms. The quantitative estimate of drug-likeness (QED) is 0.497. The highest BCUT2D eigenvalue weighted by Gasteiger charge is 2.11. The molecule has 0 saturated heterocycles. The molecule has 8 heavy (non-hydrogen) atoms. The lowest BCUT2D eigenvalue weighted by Crippen LogP contribution is -2.20. The van der Waals surface area contributed by atoms with Gasteiger partial charge >= 0.3 is 0 Å². The molecule has 1 heterocycles. The van der Waals surface area contributed by atoms with Gasteiger partial charge in [-0.2, -0.15) is 0 Å². The molecular weight excluding hydrogens is 98.1 g/mol. The minimum absolute atomic E-state index is 0.787. The van der Waals surface area contributed by atoms with Crippen molar-refractivity contribution in [3.05, 3.63) is 12.3 Å². The van der Waals surface area contributed by atoms with Gasteiger partial charge in [0.2, 0.25) is 0 Å². The smallest absolute Gasteiger partial charge is 0.0313 e. The molecule has 1 aliphatic rings. The first-order valence-electron chi connectivity index (χ1n) is 3.23. The Morgan fingerprint density at radius 1 is 1.75 bits per heavy atom. The van der Waals surface area contributed by atoms with E-state index in [1.165, 1.54) is 12.8 Å². The fraction of sp³-hybridized carbons (Fsp3) is 0.714. The fourth-order valence-corrected chi connectivity index (χ4v) is 1.13. The van der Waals surface area contributed by atoms with Gasteiger partial charge in [-0.3, -0.25) is 0 Å². The second-order valence-corrected chi connectivity index (χ2v) is 2.35. The molecule has 0 saturated carbocycles. The van der Waals surface area contributed by atoms with Crippen LogP contribution in [0.15, 0.2) is 12.3 Å². The van der Waals surface area contributed by atoms with E-state index in [2.05, 4.69) is 31.1 Å². The molecule has 0 aromatic carbocycles. The van der Waals surface area contributed by atoms with Gasteiger partial charge in [0.25, 0.3) is 0 Å². The highest BCUT2D eigenvalue weighted by Crippen LogP contribution is 2.13. The van der Waals surface area contributed by atoms with Crippen molar-refractivity contribution in [2.24, 2.45) is 0 Å². The van der Waals surface area contributed by atoms with Crippen molar-refractivity contribution in [2.45, 2.75) is 25.8 Å². The summed E-state index contributed by atoms with van der Waals surface area (Å²) in [6.45, 7) is 2.23. The molecule has 1 nitrogen and oxygen atoms in total. The summed E-state index contributed by atoms with van der Waals surface area (Å²) in [4.78, 5) is 2.28. The molecule has 1 atom stereocenters. The second-order valence-electron chi connectivity index (χ2n) is 2.35. The maximum atomic E-state index is 2.28. The van der Waals surface area contributed by atoms with Crippen molar-refractivity contribution < 1.29 is 0 Å². The minimum atomic E-state index is 0.787. The SMILES string of the molecule is CC[C@@H]1CC=CN1C. The van der Waals surface area contributed by atoms with Crippen LogP contribution >= 0.6 is 0 Å². The highest BCUT2D eigenvalue weighted by molar-refractivity contribution is 4.95. The van der Waals surface area contributed by atoms with E-state index in [9.17, 15) is 0 Å². The zero-order chi connectivity index (χ0) is 5.98. The van der Waals surface area contributed by atoms with E-state index in [-0.39, 0.29) is 0 Å². The Morgan fingerprint density at radius 2 is 2.50 bits per heavy atom. The normalized spacial score (nSPS) is 27.2. The Morgan fingerprint density at radius 3 is 2.75 bits per heavy atom. The fourth-order valence-electron chi connectivity index (χ4n) is 1.13. The zero-order valence-electron chi connectivity index (χ0n) is 5.59. The Balaban J connectivity index is 2.38. The minimum Gasteiger partial charge on any atom is -0.377 e. The summed E-state index contributed by atoms with van der Waals surface area (Å²) in [5.74, 6) is 0. The van der Waals surface area contributed by atoms with E-state index < -0.39 is 0 Å². The number of hydrogen-bond donors (Lipinski definition) is 0. The van der Waals surface area contributed by atoms with Crippen LogP contribution in [0.2, 0.25) is 0 Å². The lowest BCUT2D eigenvalue weighted by atomic mass is 10.2. The summed E-state index contributed by atoms with van der Waals surface area (Å²) < 4.78 is 0. The summed E-state index contributed by atoms with van der Waals surface area (Å²) in [6, 6.07) is 0.787. The maximum absolute atomic E-state index is 2.28. The summed E-state index contributed by atoms with van der Waals surface area (Å²) in [7, 11) is 2.14. The third-order valence-corrected chi connectivity index (χ3v) is 1.80. The van der Waals surface area contributed by atoms with Crippen molar-refractivity contribution in [3.63, 3.8) is 0 Å². The molecule has 1 heteroatoms. The van der Waals surface area contributed by atoms with Crippen molar-refractivity contribution in [2.75, 3.05) is 7.05 Å². The number of rotatable bonds is 1. The molecule has 1 rings (SSSR count). The Bertz CT molecular complexity index is 96.6. The monoisotopic (exact) mass is 111 g/mol. The summed E-state index contributed by atoms with van der Waals surface area (Å²) >= 11 is 0. The third kappa shape index (κ3) is 0.857. The molecule has 0 aromatic rings. The van der Waals surface area contributed by atoms with Gasteiger partial charge in [-0.15, -0.1) is 0 Å². The van der Waals surface area contributed by atoms with Crippen molar-refractivity contribution in [1.82, 2.24) is 4.90 Å². The first-order valence-corrected chi connectivity index (χ1v) is 3.23. The predicted molar refractivity (Wildman–Crippen MR) is 35.6 cm³/mol. The molecule has 0 radical (unpaired) electrons. The van der Waals surface area contributed by atoms with E-state index in [0.717, 1.165) is 6.04 Å². The van der Waals surface area contributed by atoms with Crippen LogP contribution in [0.5, 0.6) is 0 Å². The van der Waals surface area contributed by atoms with Crippen LogP contribution in [0.4, 0.5) is 0 Å². The summed E-state index contributed by atoms with van der Waals surface area (Å²) in [6.07, 6.45) is 6.90. The zero-order valence-corrected chi connectivity index (χ0v) is 5.59. The van der Waals surface area contributed by atoms with Gasteiger partial charge in [-0.1, -0.05) is 13.0 Å². The average molecular weight is 111 g/mol. The van der Waals surface area contributed by atoms with Crippen LogP contribution in [0, 0.1) is 0 Å². The third-order valence-electron chi connectivity index (χ3n) is 1.80. The first kappa shape index (κ1) is 5.67. The van der Waals surface area contributed by atoms with Gasteiger partial charge in [0.1, 0.15) is 0 Å². The highest BCUT2D eigenvalue weighted by atomic mass is 15.1. The van der Waals surface area contributed by atoms with E-state index in [1.807, 2.05) is 0 Å². The lowest BCUT2D eigenvalue weighted by Gasteiger charge is -2.17. The largest absolute Gasteiger partial charge is 0.377 e. The standard InChI is InChI=1S/C7H13N/c1-3-7-5-4-6-8(7)2/h4,6-7H,3,5H2,1-2H3/t7-/m1/s1. The van der Waals surface area contributed by atoms with E-state index in [0.29, 0.717) is 0 Å². The average Bonchev–Trinajstić information content (AvgIpc) is 2.14. The second kappa shape index (κ2) is 2.21. The molecule has 0 bridgehead atoms. The van der Waals surface area contributed by atoms with Gasteiger partial charge < -0.3 is 4.90 Å². The molecule has 1 aliphatic heterocycles. The van der Waals surface area contributed by atoms with Gasteiger partial charge in [0, 0.05) is 13.1 Å². The molecule has 46 valence electrons. The van der Waals surface area contributed by atoms with Gasteiger partial charge in [-0.25, -0.2) is 0 Å². The number of nitrogens with zero attached hydrogens (tertiary/aromatic N) is 1. The van der Waals surface area contributed by atoms with Crippen molar-refractivity contribution in [1.29, 1.82) is 0 Å². The Labute approximate surface area is 51.0 Å². The number of hydrogen-bond acceptors (Lipinski definition) is 1. The van der Waals surface area contributed by atoms with Gasteiger partial charge in [-0.05, 0) is 19.0 Å². The summed E-state index contributed by atoms with van der Waals surface area (Å²) in [5.41, 5.74) is 0. The Kier molecular flexibility index (Phi) is 1.56. The molecule has 0 N–H and O–H groups in total. The molecule has 0 unspecified atom stereocenters. The maximum Gasteiger partial charge on any atom is 0.0313 e. The van der Waals surface area contributed by atoms with Gasteiger partial charge in [0.15, 0.2) is 0 Å². The van der Waals surface area contributed by atoms with E-state index >= 15 is 0 Å². The van der Waals surface area contributed by atoms with Crippen LogP contribution in [0.25, 0.3) is 0 Å². The Hall–Kier alpha value is -0.460. The first-order chi connectivity index (χ1) is 3.84. The molecule has 0 aliphatic carbocycles. The molecule has 0 fully saturated rings. The van der Waals surface area contributed by atoms with Crippen LogP contribution in [0.3, 0.4) is 0 Å². The summed E-state index contributed by atoms with van der Waals surface area (Å²) in [5, 5.41) is 0. The lowest BCUT2D eigenvalue weighted by molar-refractivity contribution is 0.349. The predicted octanol–water partition coefficient (Wildman–Crippen LogP) is 1.61. The molecule has 0 amide bonds. The van der Waals surface area contributed by atoms with Crippen molar-refractivity contribution >= 4 is 0 Å². The topological polar surface area (TPSA) is 3.24 Å². The van der Waals surface area contributed by atoms with E-state index in [4.69, 9.17) is 0 Å². The van der Waals surface area contributed by atoms with Crippen LogP contribution < -0.4 is 0 Å². The van der Waals surface area contributed by atoms with Crippen LogP contribution in [-0.4, -0.2) is 18.0 Å². The van der Waals surface area contributed by atoms with Crippen LogP contribution in [-0.2, 0) is 0 Å². The van der Waals surface area contributed by atoms with Crippen molar-refractivity contribution in [3.8, 4) is 0 Å².